The van der Waals surface area contributed by atoms with Crippen molar-refractivity contribution in [1.82, 2.24) is 10.2 Å². The minimum Gasteiger partial charge on any atom is -0.389 e. The monoisotopic (exact) mass is 216 g/mol. The lowest BCUT2D eigenvalue weighted by Crippen LogP contribution is -2.41. The van der Waals surface area contributed by atoms with Crippen molar-refractivity contribution < 1.29 is 19.4 Å². The second-order valence-electron chi connectivity index (χ2n) is 3.57. The van der Waals surface area contributed by atoms with E-state index in [1.165, 1.54) is 14.2 Å². The zero-order valence-electron chi connectivity index (χ0n) is 8.90. The van der Waals surface area contributed by atoms with Crippen molar-refractivity contribution in [3.63, 3.8) is 0 Å². The maximum Gasteiger partial charge on any atom is 0.246 e. The van der Waals surface area contributed by atoms with E-state index in [9.17, 15) is 14.7 Å². The molecule has 0 aromatic carbocycles. The fourth-order valence-corrected chi connectivity index (χ4v) is 1.44. The van der Waals surface area contributed by atoms with Crippen LogP contribution in [0.4, 0.5) is 0 Å². The van der Waals surface area contributed by atoms with E-state index in [4.69, 9.17) is 4.74 Å². The summed E-state index contributed by atoms with van der Waals surface area (Å²) < 4.78 is 4.74. The van der Waals surface area contributed by atoms with Gasteiger partial charge in [-0.3, -0.25) is 14.5 Å². The van der Waals surface area contributed by atoms with Crippen molar-refractivity contribution in [3.05, 3.63) is 0 Å². The largest absolute Gasteiger partial charge is 0.389 e. The van der Waals surface area contributed by atoms with Gasteiger partial charge in [-0.05, 0) is 0 Å². The predicted molar refractivity (Wildman–Crippen MR) is 52.1 cm³/mol. The van der Waals surface area contributed by atoms with Crippen LogP contribution in [0.3, 0.4) is 0 Å². The van der Waals surface area contributed by atoms with Gasteiger partial charge in [0.2, 0.25) is 11.8 Å². The van der Waals surface area contributed by atoms with Crippen LogP contribution in [0.2, 0.25) is 0 Å². The smallest absolute Gasteiger partial charge is 0.246 e. The number of nitrogens with one attached hydrogen (secondary N) is 1. The minimum atomic E-state index is -0.663. The van der Waals surface area contributed by atoms with Crippen LogP contribution in [0.15, 0.2) is 0 Å². The first-order valence-corrected chi connectivity index (χ1v) is 4.77. The SMILES string of the molecule is COCC(O)CNC1CC(=O)N(C)C1=O. The summed E-state index contributed by atoms with van der Waals surface area (Å²) >= 11 is 0. The number of methoxy groups -OCH3 is 1. The molecule has 0 saturated carbocycles. The Labute approximate surface area is 88.2 Å². The lowest BCUT2D eigenvalue weighted by Gasteiger charge is -2.14. The first kappa shape index (κ1) is 12.1. The predicted octanol–water partition coefficient (Wildman–Crippen LogP) is -1.66. The quantitative estimate of drug-likeness (QED) is 0.538. The van der Waals surface area contributed by atoms with Crippen LogP contribution >= 0.6 is 0 Å². The Kier molecular flexibility index (Phi) is 4.19. The number of carbonyl (C=O) groups is 2. The fourth-order valence-electron chi connectivity index (χ4n) is 1.44. The molecule has 1 aliphatic rings. The average molecular weight is 216 g/mol. The normalized spacial score (nSPS) is 23.7. The summed E-state index contributed by atoms with van der Waals surface area (Å²) in [4.78, 5) is 23.7. The number of ether oxygens (including phenoxy) is 1. The van der Waals surface area contributed by atoms with E-state index in [2.05, 4.69) is 5.32 Å². The number of hydrogen-bond acceptors (Lipinski definition) is 5. The third-order valence-electron chi connectivity index (χ3n) is 2.34. The molecule has 2 unspecified atom stereocenters. The summed E-state index contributed by atoms with van der Waals surface area (Å²) in [6.07, 6.45) is -0.501. The summed E-state index contributed by atoms with van der Waals surface area (Å²) in [5.41, 5.74) is 0. The Balaban J connectivity index is 2.34. The molecule has 0 spiro atoms. The second-order valence-corrected chi connectivity index (χ2v) is 3.57. The van der Waals surface area contributed by atoms with E-state index < -0.39 is 12.1 Å². The van der Waals surface area contributed by atoms with Gasteiger partial charge in [0.1, 0.15) is 0 Å². The molecule has 0 aromatic heterocycles. The van der Waals surface area contributed by atoms with Crippen LogP contribution in [-0.2, 0) is 14.3 Å². The van der Waals surface area contributed by atoms with Crippen molar-refractivity contribution in [2.24, 2.45) is 0 Å². The van der Waals surface area contributed by atoms with Crippen molar-refractivity contribution in [2.75, 3.05) is 27.3 Å². The molecule has 0 aromatic rings. The highest BCUT2D eigenvalue weighted by Gasteiger charge is 2.35. The number of amides is 2. The van der Waals surface area contributed by atoms with Gasteiger partial charge in [0, 0.05) is 20.7 Å². The first-order valence-electron chi connectivity index (χ1n) is 4.77. The molecule has 1 saturated heterocycles. The molecule has 2 N–H and O–H groups in total. The lowest BCUT2D eigenvalue weighted by atomic mass is 10.2. The summed E-state index contributed by atoms with van der Waals surface area (Å²) in [7, 11) is 2.94. The van der Waals surface area contributed by atoms with Gasteiger partial charge in [0.05, 0.1) is 25.2 Å². The number of aliphatic hydroxyl groups excluding tert-OH is 1. The minimum absolute atomic E-state index is 0.162. The highest BCUT2D eigenvalue weighted by atomic mass is 16.5. The first-order chi connectivity index (χ1) is 7.06. The van der Waals surface area contributed by atoms with Crippen molar-refractivity contribution in [1.29, 1.82) is 0 Å². The number of rotatable bonds is 5. The van der Waals surface area contributed by atoms with E-state index in [-0.39, 0.29) is 31.4 Å². The molecule has 1 aliphatic heterocycles. The molecule has 0 aliphatic carbocycles. The zero-order chi connectivity index (χ0) is 11.4. The summed E-state index contributed by atoms with van der Waals surface area (Å²) in [5.74, 6) is -0.441. The molecule has 0 radical (unpaired) electrons. The van der Waals surface area contributed by atoms with Crippen LogP contribution in [0.1, 0.15) is 6.42 Å². The zero-order valence-corrected chi connectivity index (χ0v) is 8.90. The second kappa shape index (κ2) is 5.20. The summed E-state index contributed by atoms with van der Waals surface area (Å²) in [5, 5.41) is 12.2. The van der Waals surface area contributed by atoms with Crippen molar-refractivity contribution >= 4 is 11.8 Å². The number of nitrogens with zero attached hydrogens (tertiary/aromatic N) is 1. The van der Waals surface area contributed by atoms with Gasteiger partial charge in [-0.25, -0.2) is 0 Å². The molecule has 6 heteroatoms. The Morgan fingerprint density at radius 3 is 2.80 bits per heavy atom. The number of hydrogen-bond donors (Lipinski definition) is 2. The molecule has 2 atom stereocenters. The van der Waals surface area contributed by atoms with E-state index in [0.717, 1.165) is 4.90 Å². The number of likely N-dealkylation sites (tertiary alicyclic amines) is 1. The van der Waals surface area contributed by atoms with Gasteiger partial charge in [0.15, 0.2) is 0 Å². The van der Waals surface area contributed by atoms with Crippen LogP contribution in [-0.4, -0.2) is 61.3 Å². The Bertz CT molecular complexity index is 256. The molecule has 15 heavy (non-hydrogen) atoms. The molecule has 2 amide bonds. The maximum absolute atomic E-state index is 11.4. The topological polar surface area (TPSA) is 78.9 Å². The summed E-state index contributed by atoms with van der Waals surface area (Å²) in [6.45, 7) is 0.447. The van der Waals surface area contributed by atoms with E-state index in [1.54, 1.807) is 0 Å². The van der Waals surface area contributed by atoms with E-state index in [1.807, 2.05) is 0 Å². The number of aliphatic hydroxyl groups is 1. The molecular formula is C9H16N2O4. The van der Waals surface area contributed by atoms with Crippen LogP contribution in [0.25, 0.3) is 0 Å². The molecule has 6 nitrogen and oxygen atoms in total. The van der Waals surface area contributed by atoms with Gasteiger partial charge in [-0.15, -0.1) is 0 Å². The maximum atomic E-state index is 11.4. The lowest BCUT2D eigenvalue weighted by molar-refractivity contribution is -0.137. The standard InChI is InChI=1S/C9H16N2O4/c1-11-8(13)3-7(9(11)14)10-4-6(12)5-15-2/h6-7,10,12H,3-5H2,1-2H3. The highest BCUT2D eigenvalue weighted by molar-refractivity contribution is 6.05. The van der Waals surface area contributed by atoms with Crippen LogP contribution in [0, 0.1) is 0 Å². The van der Waals surface area contributed by atoms with Gasteiger partial charge in [0.25, 0.3) is 0 Å². The Hall–Kier alpha value is -0.980. The Morgan fingerprint density at radius 2 is 2.33 bits per heavy atom. The molecule has 1 heterocycles. The number of carbonyl (C=O) groups excluding carboxylic acids is 2. The van der Waals surface area contributed by atoms with E-state index in [0.29, 0.717) is 0 Å². The highest BCUT2D eigenvalue weighted by Crippen LogP contribution is 2.10. The van der Waals surface area contributed by atoms with Gasteiger partial charge >= 0.3 is 0 Å². The third-order valence-corrected chi connectivity index (χ3v) is 2.34. The molecular weight excluding hydrogens is 200 g/mol. The van der Waals surface area contributed by atoms with Gasteiger partial charge < -0.3 is 15.2 Å². The van der Waals surface area contributed by atoms with E-state index >= 15 is 0 Å². The van der Waals surface area contributed by atoms with Gasteiger partial charge in [-0.1, -0.05) is 0 Å². The van der Waals surface area contributed by atoms with Crippen molar-refractivity contribution in [3.8, 4) is 0 Å². The van der Waals surface area contributed by atoms with Crippen LogP contribution in [0.5, 0.6) is 0 Å². The molecule has 86 valence electrons. The molecule has 1 fully saturated rings. The van der Waals surface area contributed by atoms with Gasteiger partial charge in [-0.2, -0.15) is 0 Å². The third kappa shape index (κ3) is 2.98. The fraction of sp³-hybridized carbons (Fsp3) is 0.778. The number of imide groups is 1. The molecule has 0 bridgehead atoms. The van der Waals surface area contributed by atoms with Crippen molar-refractivity contribution in [2.45, 2.75) is 18.6 Å². The number of likely N-dealkylation sites (N-methyl/N-ethyl adjacent to an activating group) is 1. The summed E-state index contributed by atoms with van der Waals surface area (Å²) in [6, 6.07) is -0.506. The average Bonchev–Trinajstić information content (AvgIpc) is 2.43. The Morgan fingerprint density at radius 1 is 1.67 bits per heavy atom. The molecule has 1 rings (SSSR count). The van der Waals surface area contributed by atoms with Crippen LogP contribution < -0.4 is 5.32 Å².